The Balaban J connectivity index is 2.91. The summed E-state index contributed by atoms with van der Waals surface area (Å²) in [6.45, 7) is 11.6. The Kier molecular flexibility index (Phi) is 6.69. The summed E-state index contributed by atoms with van der Waals surface area (Å²) in [6, 6.07) is 5.48. The van der Waals surface area contributed by atoms with Crippen LogP contribution in [-0.2, 0) is 11.3 Å². The maximum atomic E-state index is 12.2. The van der Waals surface area contributed by atoms with Gasteiger partial charge in [0.2, 0.25) is 0 Å². The summed E-state index contributed by atoms with van der Waals surface area (Å²) >= 11 is 0. The van der Waals surface area contributed by atoms with Crippen LogP contribution in [-0.4, -0.2) is 24.7 Å². The number of ether oxygens (including phenoxy) is 2. The number of rotatable bonds is 7. The molecule has 1 amide bonds. The summed E-state index contributed by atoms with van der Waals surface area (Å²) in [5.74, 6) is 0.697. The molecule has 0 radical (unpaired) electrons. The first-order valence-corrected chi connectivity index (χ1v) is 7.53. The first kappa shape index (κ1) is 17.5. The molecular formula is C17H27NO3. The number of carbonyl (C=O) groups excluding carboxylic acids is 1. The molecule has 0 aliphatic rings. The van der Waals surface area contributed by atoms with E-state index in [-0.39, 0.29) is 11.4 Å². The second-order valence-corrected chi connectivity index (χ2v) is 6.01. The Morgan fingerprint density at radius 1 is 1.24 bits per heavy atom. The SMILES string of the molecule is CCCOCc1cc(C(=O)NC(C)(C)C)ccc1OCC. The lowest BCUT2D eigenvalue weighted by Crippen LogP contribution is -2.40. The zero-order valence-corrected chi connectivity index (χ0v) is 13.8. The van der Waals surface area contributed by atoms with Gasteiger partial charge in [-0.1, -0.05) is 6.92 Å². The fourth-order valence-corrected chi connectivity index (χ4v) is 1.87. The van der Waals surface area contributed by atoms with E-state index in [9.17, 15) is 4.79 Å². The Labute approximate surface area is 127 Å². The Hall–Kier alpha value is -1.55. The molecule has 0 aliphatic carbocycles. The molecule has 0 saturated heterocycles. The van der Waals surface area contributed by atoms with Crippen LogP contribution >= 0.6 is 0 Å². The Morgan fingerprint density at radius 2 is 1.95 bits per heavy atom. The molecule has 1 aromatic carbocycles. The van der Waals surface area contributed by atoms with Crippen LogP contribution in [0.1, 0.15) is 57.0 Å². The van der Waals surface area contributed by atoms with Gasteiger partial charge >= 0.3 is 0 Å². The summed E-state index contributed by atoms with van der Waals surface area (Å²) in [6.07, 6.45) is 0.966. The van der Waals surface area contributed by atoms with Crippen molar-refractivity contribution in [3.8, 4) is 5.75 Å². The van der Waals surface area contributed by atoms with E-state index in [0.29, 0.717) is 25.4 Å². The fraction of sp³-hybridized carbons (Fsp3) is 0.588. The highest BCUT2D eigenvalue weighted by Crippen LogP contribution is 2.22. The van der Waals surface area contributed by atoms with Crippen LogP contribution in [0.3, 0.4) is 0 Å². The van der Waals surface area contributed by atoms with Gasteiger partial charge < -0.3 is 14.8 Å². The van der Waals surface area contributed by atoms with Gasteiger partial charge in [0.25, 0.3) is 5.91 Å². The van der Waals surface area contributed by atoms with Gasteiger partial charge in [-0.05, 0) is 52.3 Å². The number of hydrogen-bond acceptors (Lipinski definition) is 3. The number of amides is 1. The largest absolute Gasteiger partial charge is 0.494 e. The van der Waals surface area contributed by atoms with Crippen molar-refractivity contribution in [2.24, 2.45) is 0 Å². The quantitative estimate of drug-likeness (QED) is 0.782. The highest BCUT2D eigenvalue weighted by atomic mass is 16.5. The molecule has 118 valence electrons. The Morgan fingerprint density at radius 3 is 2.52 bits per heavy atom. The van der Waals surface area contributed by atoms with Gasteiger partial charge in [0.05, 0.1) is 13.2 Å². The third-order valence-electron chi connectivity index (χ3n) is 2.72. The predicted molar refractivity (Wildman–Crippen MR) is 84.8 cm³/mol. The fourth-order valence-electron chi connectivity index (χ4n) is 1.87. The zero-order valence-electron chi connectivity index (χ0n) is 13.8. The summed E-state index contributed by atoms with van der Waals surface area (Å²) in [4.78, 5) is 12.2. The van der Waals surface area contributed by atoms with Crippen molar-refractivity contribution in [1.82, 2.24) is 5.32 Å². The number of hydrogen-bond donors (Lipinski definition) is 1. The molecular weight excluding hydrogens is 266 g/mol. The van der Waals surface area contributed by atoms with Crippen LogP contribution in [0.15, 0.2) is 18.2 Å². The molecule has 1 rings (SSSR count). The average Bonchev–Trinajstić information content (AvgIpc) is 2.39. The molecule has 1 aromatic rings. The van der Waals surface area contributed by atoms with Crippen molar-refractivity contribution in [1.29, 1.82) is 0 Å². The van der Waals surface area contributed by atoms with Crippen molar-refractivity contribution >= 4 is 5.91 Å². The van der Waals surface area contributed by atoms with Gasteiger partial charge in [-0.3, -0.25) is 4.79 Å². The van der Waals surface area contributed by atoms with Crippen LogP contribution in [0, 0.1) is 0 Å². The van der Waals surface area contributed by atoms with Crippen molar-refractivity contribution in [3.63, 3.8) is 0 Å². The van der Waals surface area contributed by atoms with E-state index in [2.05, 4.69) is 12.2 Å². The zero-order chi connectivity index (χ0) is 15.9. The molecule has 0 unspecified atom stereocenters. The number of benzene rings is 1. The molecule has 0 aromatic heterocycles. The van der Waals surface area contributed by atoms with E-state index >= 15 is 0 Å². The van der Waals surface area contributed by atoms with Gasteiger partial charge in [-0.2, -0.15) is 0 Å². The maximum absolute atomic E-state index is 12.2. The number of carbonyl (C=O) groups is 1. The lowest BCUT2D eigenvalue weighted by atomic mass is 10.1. The topological polar surface area (TPSA) is 47.6 Å². The number of nitrogens with one attached hydrogen (secondary N) is 1. The monoisotopic (exact) mass is 293 g/mol. The summed E-state index contributed by atoms with van der Waals surface area (Å²) in [7, 11) is 0. The lowest BCUT2D eigenvalue weighted by molar-refractivity contribution is 0.0918. The highest BCUT2D eigenvalue weighted by Gasteiger charge is 2.16. The summed E-state index contributed by atoms with van der Waals surface area (Å²) in [5, 5.41) is 2.96. The third-order valence-corrected chi connectivity index (χ3v) is 2.72. The van der Waals surface area contributed by atoms with E-state index in [1.54, 1.807) is 6.07 Å². The van der Waals surface area contributed by atoms with Gasteiger partial charge in [-0.25, -0.2) is 0 Å². The molecule has 0 spiro atoms. The van der Waals surface area contributed by atoms with E-state index in [4.69, 9.17) is 9.47 Å². The smallest absolute Gasteiger partial charge is 0.251 e. The molecule has 0 aliphatic heterocycles. The minimum absolute atomic E-state index is 0.0812. The lowest BCUT2D eigenvalue weighted by Gasteiger charge is -2.21. The standard InChI is InChI=1S/C17H27NO3/c1-6-10-20-12-14-11-13(8-9-15(14)21-7-2)16(19)18-17(3,4)5/h8-9,11H,6-7,10,12H2,1-5H3,(H,18,19). The second kappa shape index (κ2) is 8.03. The van der Waals surface area contributed by atoms with Crippen molar-refractivity contribution in [3.05, 3.63) is 29.3 Å². The highest BCUT2D eigenvalue weighted by molar-refractivity contribution is 5.95. The molecule has 0 heterocycles. The van der Waals surface area contributed by atoms with Crippen LogP contribution in [0.5, 0.6) is 5.75 Å². The molecule has 1 N–H and O–H groups in total. The Bertz CT molecular complexity index is 464. The van der Waals surface area contributed by atoms with E-state index in [1.807, 2.05) is 39.8 Å². The average molecular weight is 293 g/mol. The van der Waals surface area contributed by atoms with Crippen LogP contribution in [0.2, 0.25) is 0 Å². The summed E-state index contributed by atoms with van der Waals surface area (Å²) in [5.41, 5.74) is 1.28. The minimum atomic E-state index is -0.255. The first-order valence-electron chi connectivity index (χ1n) is 7.53. The van der Waals surface area contributed by atoms with E-state index in [0.717, 1.165) is 17.7 Å². The van der Waals surface area contributed by atoms with Crippen molar-refractivity contribution in [2.75, 3.05) is 13.2 Å². The molecule has 0 saturated carbocycles. The second-order valence-electron chi connectivity index (χ2n) is 6.01. The van der Waals surface area contributed by atoms with E-state index in [1.165, 1.54) is 0 Å². The van der Waals surface area contributed by atoms with Gasteiger partial charge in [-0.15, -0.1) is 0 Å². The van der Waals surface area contributed by atoms with Crippen molar-refractivity contribution in [2.45, 2.75) is 53.2 Å². The van der Waals surface area contributed by atoms with Gasteiger partial charge in [0.1, 0.15) is 5.75 Å². The molecule has 21 heavy (non-hydrogen) atoms. The summed E-state index contributed by atoms with van der Waals surface area (Å²) < 4.78 is 11.2. The molecule has 4 heteroatoms. The first-order chi connectivity index (χ1) is 9.87. The van der Waals surface area contributed by atoms with Crippen LogP contribution < -0.4 is 10.1 Å². The maximum Gasteiger partial charge on any atom is 0.251 e. The molecule has 4 nitrogen and oxygen atoms in total. The predicted octanol–water partition coefficient (Wildman–Crippen LogP) is 3.54. The van der Waals surface area contributed by atoms with Crippen LogP contribution in [0.25, 0.3) is 0 Å². The van der Waals surface area contributed by atoms with Crippen molar-refractivity contribution < 1.29 is 14.3 Å². The molecule has 0 bridgehead atoms. The van der Waals surface area contributed by atoms with Crippen LogP contribution in [0.4, 0.5) is 0 Å². The van der Waals surface area contributed by atoms with Gasteiger partial charge in [0.15, 0.2) is 0 Å². The van der Waals surface area contributed by atoms with Gasteiger partial charge in [0, 0.05) is 23.3 Å². The molecule has 0 atom stereocenters. The normalized spacial score (nSPS) is 11.3. The third kappa shape index (κ3) is 6.17. The van der Waals surface area contributed by atoms with E-state index < -0.39 is 0 Å². The molecule has 0 fully saturated rings. The minimum Gasteiger partial charge on any atom is -0.494 e.